The van der Waals surface area contributed by atoms with Crippen molar-refractivity contribution in [3.05, 3.63) is 0 Å². The van der Waals surface area contributed by atoms with Gasteiger partial charge in [0.05, 0.1) is 6.10 Å². The first kappa shape index (κ1) is 10.9. The molecule has 0 unspecified atom stereocenters. The Morgan fingerprint density at radius 3 is 2.36 bits per heavy atom. The maximum Gasteiger partial charge on any atom is 0.115 e. The second-order valence-corrected chi connectivity index (χ2v) is 3.01. The summed E-state index contributed by atoms with van der Waals surface area (Å²) < 4.78 is 11.7. The van der Waals surface area contributed by atoms with Crippen molar-refractivity contribution in [2.45, 2.75) is 51.6 Å². The Hall–Kier alpha value is -0.110. The van der Waals surface area contributed by atoms with Crippen molar-refractivity contribution < 1.29 is 9.50 Å². The third kappa shape index (κ3) is 7.79. The highest BCUT2D eigenvalue weighted by Gasteiger charge is 2.00. The van der Waals surface area contributed by atoms with E-state index < -0.39 is 12.8 Å². The number of halogens is 1. The average molecular weight is 162 g/mol. The fraction of sp³-hybridized carbons (Fsp3) is 1.00. The summed E-state index contributed by atoms with van der Waals surface area (Å²) in [4.78, 5) is 0. The monoisotopic (exact) mass is 162 g/mol. The van der Waals surface area contributed by atoms with Gasteiger partial charge in [0, 0.05) is 0 Å². The molecule has 0 fully saturated rings. The Balaban J connectivity index is 2.89. The van der Waals surface area contributed by atoms with Crippen LogP contribution in [0.3, 0.4) is 0 Å². The second kappa shape index (κ2) is 7.99. The number of hydrogen-bond donors (Lipinski definition) is 1. The van der Waals surface area contributed by atoms with Crippen LogP contribution in [0.15, 0.2) is 0 Å². The Kier molecular flexibility index (Phi) is 7.91. The van der Waals surface area contributed by atoms with Gasteiger partial charge in [-0.2, -0.15) is 0 Å². The lowest BCUT2D eigenvalue weighted by atomic mass is 10.1. The van der Waals surface area contributed by atoms with E-state index in [-0.39, 0.29) is 0 Å². The van der Waals surface area contributed by atoms with Gasteiger partial charge in [-0.3, -0.25) is 0 Å². The molecule has 0 aromatic rings. The molecule has 0 heterocycles. The predicted molar refractivity (Wildman–Crippen MR) is 45.4 cm³/mol. The van der Waals surface area contributed by atoms with E-state index in [1.165, 1.54) is 19.3 Å². The summed E-state index contributed by atoms with van der Waals surface area (Å²) in [7, 11) is 0. The van der Waals surface area contributed by atoms with Crippen molar-refractivity contribution in [1.82, 2.24) is 0 Å². The smallest absolute Gasteiger partial charge is 0.115 e. The summed E-state index contributed by atoms with van der Waals surface area (Å²) in [5, 5.41) is 8.84. The number of hydrogen-bond acceptors (Lipinski definition) is 1. The first-order valence-electron chi connectivity index (χ1n) is 4.55. The molecule has 0 saturated carbocycles. The first-order valence-corrected chi connectivity index (χ1v) is 4.55. The number of rotatable bonds is 7. The highest BCUT2D eigenvalue weighted by Crippen LogP contribution is 2.07. The average Bonchev–Trinajstić information content (AvgIpc) is 2.04. The lowest BCUT2D eigenvalue weighted by molar-refractivity contribution is 0.128. The highest BCUT2D eigenvalue weighted by molar-refractivity contribution is 4.53. The summed E-state index contributed by atoms with van der Waals surface area (Å²) in [6.45, 7) is 1.57. The molecule has 0 bridgehead atoms. The lowest BCUT2D eigenvalue weighted by Gasteiger charge is -2.04. The predicted octanol–water partition coefficient (Wildman–Crippen LogP) is 2.68. The molecule has 1 N–H and O–H groups in total. The molecule has 0 aromatic heterocycles. The van der Waals surface area contributed by atoms with Crippen LogP contribution in [0, 0.1) is 0 Å². The molecule has 0 radical (unpaired) electrons. The Morgan fingerprint density at radius 2 is 1.82 bits per heavy atom. The van der Waals surface area contributed by atoms with Crippen molar-refractivity contribution in [3.63, 3.8) is 0 Å². The fourth-order valence-corrected chi connectivity index (χ4v) is 1.06. The molecule has 0 saturated heterocycles. The zero-order chi connectivity index (χ0) is 8.53. The van der Waals surface area contributed by atoms with Gasteiger partial charge in [0.1, 0.15) is 6.67 Å². The van der Waals surface area contributed by atoms with Gasteiger partial charge in [-0.1, -0.05) is 39.0 Å². The van der Waals surface area contributed by atoms with Gasteiger partial charge in [-0.15, -0.1) is 0 Å². The molecule has 0 spiro atoms. The van der Waals surface area contributed by atoms with Crippen LogP contribution in [-0.2, 0) is 0 Å². The standard InChI is InChI=1S/C9H19FO/c1-2-3-4-5-6-7-9(11)8-10/h9,11H,2-8H2,1H3/t9-/m0/s1. The third-order valence-corrected chi connectivity index (χ3v) is 1.82. The van der Waals surface area contributed by atoms with Gasteiger partial charge < -0.3 is 5.11 Å². The summed E-state index contributed by atoms with van der Waals surface area (Å²) >= 11 is 0. The normalized spacial score (nSPS) is 13.4. The molecular formula is C9H19FO. The van der Waals surface area contributed by atoms with Gasteiger partial charge in [0.2, 0.25) is 0 Å². The number of alkyl halides is 1. The van der Waals surface area contributed by atoms with E-state index in [1.54, 1.807) is 0 Å². The van der Waals surface area contributed by atoms with E-state index in [4.69, 9.17) is 5.11 Å². The molecule has 0 aliphatic carbocycles. The molecular weight excluding hydrogens is 143 g/mol. The van der Waals surface area contributed by atoms with Crippen molar-refractivity contribution in [2.75, 3.05) is 6.67 Å². The topological polar surface area (TPSA) is 20.2 Å². The van der Waals surface area contributed by atoms with E-state index in [9.17, 15) is 4.39 Å². The summed E-state index contributed by atoms with van der Waals surface area (Å²) in [6.07, 6.45) is 5.71. The molecule has 0 aliphatic heterocycles. The fourth-order valence-electron chi connectivity index (χ4n) is 1.06. The minimum absolute atomic E-state index is 0.590. The molecule has 0 aliphatic rings. The van der Waals surface area contributed by atoms with Gasteiger partial charge in [-0.25, -0.2) is 4.39 Å². The number of aliphatic hydroxyl groups excluding tert-OH is 1. The molecule has 0 amide bonds. The molecule has 1 nitrogen and oxygen atoms in total. The first-order chi connectivity index (χ1) is 5.31. The maximum atomic E-state index is 11.7. The van der Waals surface area contributed by atoms with Gasteiger partial charge >= 0.3 is 0 Å². The van der Waals surface area contributed by atoms with E-state index in [0.717, 1.165) is 12.8 Å². The zero-order valence-electron chi connectivity index (χ0n) is 7.35. The van der Waals surface area contributed by atoms with Crippen LogP contribution in [0.4, 0.5) is 4.39 Å². The maximum absolute atomic E-state index is 11.7. The van der Waals surface area contributed by atoms with Crippen molar-refractivity contribution in [2.24, 2.45) is 0 Å². The quantitative estimate of drug-likeness (QED) is 0.571. The molecule has 11 heavy (non-hydrogen) atoms. The van der Waals surface area contributed by atoms with Crippen molar-refractivity contribution in [1.29, 1.82) is 0 Å². The lowest BCUT2D eigenvalue weighted by Crippen LogP contribution is -2.07. The van der Waals surface area contributed by atoms with Crippen LogP contribution >= 0.6 is 0 Å². The van der Waals surface area contributed by atoms with E-state index >= 15 is 0 Å². The van der Waals surface area contributed by atoms with Gasteiger partial charge in [0.15, 0.2) is 0 Å². The molecule has 1 atom stereocenters. The van der Waals surface area contributed by atoms with E-state index in [1.807, 2.05) is 0 Å². The van der Waals surface area contributed by atoms with Crippen LogP contribution in [0.25, 0.3) is 0 Å². The van der Waals surface area contributed by atoms with Crippen LogP contribution in [0.5, 0.6) is 0 Å². The Morgan fingerprint density at radius 1 is 1.18 bits per heavy atom. The largest absolute Gasteiger partial charge is 0.390 e. The Bertz CT molecular complexity index is 76.0. The Labute approximate surface area is 68.6 Å². The van der Waals surface area contributed by atoms with E-state index in [0.29, 0.717) is 6.42 Å². The summed E-state index contributed by atoms with van der Waals surface area (Å²) in [6, 6.07) is 0. The molecule has 0 rings (SSSR count). The number of unbranched alkanes of at least 4 members (excludes halogenated alkanes) is 4. The van der Waals surface area contributed by atoms with Crippen LogP contribution < -0.4 is 0 Å². The second-order valence-electron chi connectivity index (χ2n) is 3.01. The minimum atomic E-state index is -0.711. The number of aliphatic hydroxyl groups is 1. The molecule has 0 aromatic carbocycles. The summed E-state index contributed by atoms with van der Waals surface area (Å²) in [5.74, 6) is 0. The van der Waals surface area contributed by atoms with Crippen molar-refractivity contribution in [3.8, 4) is 0 Å². The molecule has 68 valence electrons. The summed E-state index contributed by atoms with van der Waals surface area (Å²) in [5.41, 5.74) is 0. The third-order valence-electron chi connectivity index (χ3n) is 1.82. The van der Waals surface area contributed by atoms with Crippen molar-refractivity contribution >= 4 is 0 Å². The van der Waals surface area contributed by atoms with Gasteiger partial charge in [0.25, 0.3) is 0 Å². The highest BCUT2D eigenvalue weighted by atomic mass is 19.1. The van der Waals surface area contributed by atoms with Crippen LogP contribution in [0.2, 0.25) is 0 Å². The van der Waals surface area contributed by atoms with E-state index in [2.05, 4.69) is 6.92 Å². The van der Waals surface area contributed by atoms with Crippen LogP contribution in [0.1, 0.15) is 45.4 Å². The molecule has 2 heteroatoms. The van der Waals surface area contributed by atoms with Crippen LogP contribution in [-0.4, -0.2) is 17.9 Å². The minimum Gasteiger partial charge on any atom is -0.390 e. The SMILES string of the molecule is CCCCCCC[C@H](O)CF. The zero-order valence-corrected chi connectivity index (χ0v) is 7.35. The van der Waals surface area contributed by atoms with Gasteiger partial charge in [-0.05, 0) is 6.42 Å².